The highest BCUT2D eigenvalue weighted by molar-refractivity contribution is 5.97. The van der Waals surface area contributed by atoms with Crippen LogP contribution in [0.3, 0.4) is 0 Å². The summed E-state index contributed by atoms with van der Waals surface area (Å²) in [5.74, 6) is -0.473. The van der Waals surface area contributed by atoms with Gasteiger partial charge in [0.05, 0.1) is 12.7 Å². The van der Waals surface area contributed by atoms with Crippen LogP contribution in [0.25, 0.3) is 0 Å². The average molecular weight is 358 g/mol. The van der Waals surface area contributed by atoms with Crippen LogP contribution in [-0.2, 0) is 10.9 Å². The van der Waals surface area contributed by atoms with E-state index in [1.165, 1.54) is 6.07 Å². The van der Waals surface area contributed by atoms with Crippen LogP contribution in [0, 0.1) is 0 Å². The first kappa shape index (κ1) is 19.1. The second kappa shape index (κ2) is 7.33. The van der Waals surface area contributed by atoms with Crippen LogP contribution in [0.2, 0.25) is 0 Å². The van der Waals surface area contributed by atoms with Gasteiger partial charge in [0.15, 0.2) is 0 Å². The summed E-state index contributed by atoms with van der Waals surface area (Å²) in [6, 6.07) is 2.73. The fourth-order valence-electron chi connectivity index (χ4n) is 3.13. The van der Waals surface area contributed by atoms with E-state index in [4.69, 9.17) is 0 Å². The van der Waals surface area contributed by atoms with Gasteiger partial charge in [0.25, 0.3) is 5.91 Å². The number of hydrogen-bond donors (Lipinski definition) is 1. The number of halogens is 3. The number of likely N-dealkylation sites (tertiary alicyclic amines) is 1. The number of rotatable bonds is 2. The number of carbonyl (C=O) groups excluding carboxylic acids is 2. The first-order valence-corrected chi connectivity index (χ1v) is 8.03. The van der Waals surface area contributed by atoms with E-state index in [-0.39, 0.29) is 23.3 Å². The van der Waals surface area contributed by atoms with Gasteiger partial charge in [-0.15, -0.1) is 0 Å². The molecule has 0 aromatic heterocycles. The maximum absolute atomic E-state index is 13.2. The molecule has 25 heavy (non-hydrogen) atoms. The smallest absolute Gasteiger partial charge is 0.416 e. The van der Waals surface area contributed by atoms with Crippen molar-refractivity contribution >= 4 is 17.7 Å². The largest absolute Gasteiger partial charge is 0.453 e. The summed E-state index contributed by atoms with van der Waals surface area (Å²) in [6.45, 7) is 3.77. The van der Waals surface area contributed by atoms with Crippen LogP contribution in [-0.4, -0.2) is 36.1 Å². The fourth-order valence-corrected chi connectivity index (χ4v) is 3.13. The molecule has 0 unspecified atom stereocenters. The Labute approximate surface area is 144 Å². The molecule has 1 fully saturated rings. The molecule has 0 saturated carbocycles. The van der Waals surface area contributed by atoms with E-state index in [0.29, 0.717) is 0 Å². The van der Waals surface area contributed by atoms with Gasteiger partial charge < -0.3 is 9.64 Å². The number of nitrogens with one attached hydrogen (secondary N) is 1. The van der Waals surface area contributed by atoms with Gasteiger partial charge in [0, 0.05) is 23.3 Å². The molecular formula is C17H21F3N2O3. The molecule has 0 bridgehead atoms. The minimum Gasteiger partial charge on any atom is -0.453 e. The van der Waals surface area contributed by atoms with Gasteiger partial charge in [-0.25, -0.2) is 4.79 Å². The number of benzene rings is 1. The molecule has 1 heterocycles. The third-order valence-electron chi connectivity index (χ3n) is 4.37. The maximum atomic E-state index is 13.2. The van der Waals surface area contributed by atoms with Crippen molar-refractivity contribution in [3.05, 3.63) is 29.3 Å². The molecule has 0 aliphatic carbocycles. The molecule has 1 aliphatic heterocycles. The second-order valence-corrected chi connectivity index (χ2v) is 6.25. The number of nitrogens with zero attached hydrogens (tertiary/aromatic N) is 1. The summed E-state index contributed by atoms with van der Waals surface area (Å²) in [7, 11) is 1.10. The molecule has 5 nitrogen and oxygen atoms in total. The molecule has 138 valence electrons. The lowest BCUT2D eigenvalue weighted by molar-refractivity contribution is -0.137. The Kier molecular flexibility index (Phi) is 5.59. The number of piperidine rings is 1. The Morgan fingerprint density at radius 2 is 1.76 bits per heavy atom. The average Bonchev–Trinajstić information content (AvgIpc) is 2.53. The van der Waals surface area contributed by atoms with E-state index < -0.39 is 23.7 Å². The monoisotopic (exact) mass is 358 g/mol. The Morgan fingerprint density at radius 3 is 2.28 bits per heavy atom. The Balaban J connectivity index is 2.42. The van der Waals surface area contributed by atoms with Gasteiger partial charge in [-0.2, -0.15) is 13.2 Å². The summed E-state index contributed by atoms with van der Waals surface area (Å²) >= 11 is 0. The predicted octanol–water partition coefficient (Wildman–Crippen LogP) is 4.29. The maximum Gasteiger partial charge on any atom is 0.416 e. The van der Waals surface area contributed by atoms with Crippen molar-refractivity contribution in [2.75, 3.05) is 12.4 Å². The van der Waals surface area contributed by atoms with Crippen molar-refractivity contribution in [3.8, 4) is 0 Å². The molecule has 1 saturated heterocycles. The Morgan fingerprint density at radius 1 is 1.16 bits per heavy atom. The zero-order valence-electron chi connectivity index (χ0n) is 14.3. The summed E-state index contributed by atoms with van der Waals surface area (Å²) in [6.07, 6.45) is -2.95. The lowest BCUT2D eigenvalue weighted by Crippen LogP contribution is -2.47. The standard InChI is InChI=1S/C17H21F3N2O3/c1-10-5-4-6-11(2)22(10)15(23)12-7-13(17(18,19)20)9-14(8-12)21-16(24)25-3/h7-11H,4-6H2,1-3H3,(H,21,24)/t10-,11+. The number of methoxy groups -OCH3 is 1. The van der Waals surface area contributed by atoms with Gasteiger partial charge in [0.1, 0.15) is 0 Å². The third-order valence-corrected chi connectivity index (χ3v) is 4.37. The highest BCUT2D eigenvalue weighted by Gasteiger charge is 2.34. The van der Waals surface area contributed by atoms with E-state index >= 15 is 0 Å². The van der Waals surface area contributed by atoms with Crippen LogP contribution in [0.15, 0.2) is 18.2 Å². The van der Waals surface area contributed by atoms with E-state index in [0.717, 1.165) is 38.5 Å². The van der Waals surface area contributed by atoms with Crippen LogP contribution < -0.4 is 5.32 Å². The molecule has 1 aromatic rings. The summed E-state index contributed by atoms with van der Waals surface area (Å²) in [4.78, 5) is 25.8. The summed E-state index contributed by atoms with van der Waals surface area (Å²) in [5, 5.41) is 2.19. The number of anilines is 1. The van der Waals surface area contributed by atoms with E-state index in [2.05, 4.69) is 10.1 Å². The van der Waals surface area contributed by atoms with Crippen molar-refractivity contribution in [1.82, 2.24) is 4.90 Å². The molecule has 2 rings (SSSR count). The molecule has 0 radical (unpaired) electrons. The molecular weight excluding hydrogens is 337 g/mol. The van der Waals surface area contributed by atoms with Crippen LogP contribution in [0.5, 0.6) is 0 Å². The molecule has 1 aliphatic rings. The van der Waals surface area contributed by atoms with Crippen LogP contribution in [0.1, 0.15) is 49.0 Å². The topological polar surface area (TPSA) is 58.6 Å². The van der Waals surface area contributed by atoms with E-state index in [1.54, 1.807) is 4.90 Å². The Hall–Kier alpha value is -2.25. The zero-order chi connectivity index (χ0) is 18.8. The first-order valence-electron chi connectivity index (χ1n) is 8.03. The van der Waals surface area contributed by atoms with Gasteiger partial charge >= 0.3 is 12.3 Å². The van der Waals surface area contributed by atoms with Crippen molar-refractivity contribution in [2.24, 2.45) is 0 Å². The molecule has 8 heteroatoms. The molecule has 1 N–H and O–H groups in total. The van der Waals surface area contributed by atoms with Crippen molar-refractivity contribution < 1.29 is 27.5 Å². The Bertz CT molecular complexity index is 651. The van der Waals surface area contributed by atoms with Gasteiger partial charge in [-0.05, 0) is 51.3 Å². The quantitative estimate of drug-likeness (QED) is 0.858. The van der Waals surface area contributed by atoms with Gasteiger partial charge in [-0.3, -0.25) is 10.1 Å². The minimum absolute atomic E-state index is 0.0530. The normalized spacial score (nSPS) is 21.0. The second-order valence-electron chi connectivity index (χ2n) is 6.25. The van der Waals surface area contributed by atoms with Gasteiger partial charge in [-0.1, -0.05) is 0 Å². The third kappa shape index (κ3) is 4.43. The number of hydrogen-bond acceptors (Lipinski definition) is 3. The fraction of sp³-hybridized carbons (Fsp3) is 0.529. The lowest BCUT2D eigenvalue weighted by Gasteiger charge is -2.39. The molecule has 2 amide bonds. The van der Waals surface area contributed by atoms with E-state index in [9.17, 15) is 22.8 Å². The van der Waals surface area contributed by atoms with Crippen molar-refractivity contribution in [2.45, 2.75) is 51.4 Å². The highest BCUT2D eigenvalue weighted by atomic mass is 19.4. The van der Waals surface area contributed by atoms with Crippen LogP contribution in [0.4, 0.5) is 23.7 Å². The van der Waals surface area contributed by atoms with Crippen LogP contribution >= 0.6 is 0 Å². The number of alkyl halides is 3. The minimum atomic E-state index is -4.64. The van der Waals surface area contributed by atoms with E-state index in [1.807, 2.05) is 13.8 Å². The first-order chi connectivity index (χ1) is 11.6. The van der Waals surface area contributed by atoms with Crippen molar-refractivity contribution in [3.63, 3.8) is 0 Å². The summed E-state index contributed by atoms with van der Waals surface area (Å²) < 4.78 is 43.9. The molecule has 2 atom stereocenters. The number of ether oxygens (including phenoxy) is 1. The zero-order valence-corrected chi connectivity index (χ0v) is 14.3. The molecule has 1 aromatic carbocycles. The molecule has 0 spiro atoms. The lowest BCUT2D eigenvalue weighted by atomic mass is 9.96. The van der Waals surface area contributed by atoms with Crippen molar-refractivity contribution in [1.29, 1.82) is 0 Å². The highest BCUT2D eigenvalue weighted by Crippen LogP contribution is 2.33. The van der Waals surface area contributed by atoms with Gasteiger partial charge in [0.2, 0.25) is 0 Å². The predicted molar refractivity (Wildman–Crippen MR) is 86.4 cm³/mol. The summed E-state index contributed by atoms with van der Waals surface area (Å²) in [5.41, 5.74) is -1.24. The number of amides is 2. The number of carbonyl (C=O) groups is 2. The SMILES string of the molecule is COC(=O)Nc1cc(C(=O)N2[C@H](C)CCC[C@@H]2C)cc(C(F)(F)F)c1.